The molecule has 2 aromatic carbocycles. The zero-order valence-electron chi connectivity index (χ0n) is 11.2. The van der Waals surface area contributed by atoms with E-state index < -0.39 is 11.8 Å². The molecule has 0 bridgehead atoms. The molecule has 3 rings (SSSR count). The van der Waals surface area contributed by atoms with Crippen LogP contribution in [0.5, 0.6) is 5.75 Å². The van der Waals surface area contributed by atoms with Crippen molar-refractivity contribution in [1.29, 1.82) is 0 Å². The van der Waals surface area contributed by atoms with E-state index >= 15 is 0 Å². The van der Waals surface area contributed by atoms with E-state index in [0.29, 0.717) is 11.1 Å². The highest BCUT2D eigenvalue weighted by Crippen LogP contribution is 2.53. The molecule has 0 saturated heterocycles. The number of nitrogens with zero attached hydrogens (tertiary/aromatic N) is 2. The summed E-state index contributed by atoms with van der Waals surface area (Å²) in [5.74, 6) is 0.0461. The van der Waals surface area contributed by atoms with Crippen LogP contribution in [0, 0.1) is 0 Å². The average molecular weight is 304 g/mol. The lowest BCUT2D eigenvalue weighted by Crippen LogP contribution is -2.33. The number of phenols is 1. The summed E-state index contributed by atoms with van der Waals surface area (Å²) in [4.78, 5) is 0. The molecule has 1 N–H and O–H groups in total. The minimum absolute atomic E-state index is 0.0358. The van der Waals surface area contributed by atoms with Gasteiger partial charge in [0.15, 0.2) is 0 Å². The molecule has 0 atom stereocenters. The van der Waals surface area contributed by atoms with Crippen molar-refractivity contribution in [3.63, 3.8) is 0 Å². The Labute approximate surface area is 124 Å². The lowest BCUT2D eigenvalue weighted by atomic mass is 9.93. The first kappa shape index (κ1) is 14.3. The van der Waals surface area contributed by atoms with Crippen molar-refractivity contribution in [3.8, 4) is 5.75 Å². The van der Waals surface area contributed by atoms with Crippen LogP contribution in [0.15, 0.2) is 64.8 Å². The van der Waals surface area contributed by atoms with E-state index in [-0.39, 0.29) is 11.3 Å². The van der Waals surface area contributed by atoms with Gasteiger partial charge in [0, 0.05) is 5.57 Å². The fraction of sp³-hybridized carbons (Fsp3) is 0.125. The molecule has 0 radical (unpaired) electrons. The number of phenolic OH excluding ortho intramolecular Hbond substituents is 1. The second kappa shape index (κ2) is 4.98. The number of benzene rings is 2. The number of halogens is 3. The van der Waals surface area contributed by atoms with Crippen molar-refractivity contribution in [2.24, 2.45) is 10.2 Å². The van der Waals surface area contributed by atoms with Crippen LogP contribution in [-0.4, -0.2) is 16.9 Å². The summed E-state index contributed by atoms with van der Waals surface area (Å²) in [6.07, 6.45) is -3.20. The van der Waals surface area contributed by atoms with E-state index in [9.17, 15) is 18.3 Å². The maximum atomic E-state index is 13.3. The van der Waals surface area contributed by atoms with Gasteiger partial charge >= 0.3 is 11.8 Å². The Balaban J connectivity index is 2.11. The number of hydrogen-bond donors (Lipinski definition) is 1. The Bertz CT molecular complexity index is 728. The van der Waals surface area contributed by atoms with Gasteiger partial charge in [0.2, 0.25) is 0 Å². The van der Waals surface area contributed by atoms with Gasteiger partial charge in [0.25, 0.3) is 0 Å². The molecule has 1 heterocycles. The molecule has 6 heteroatoms. The van der Waals surface area contributed by atoms with Crippen molar-refractivity contribution in [2.75, 3.05) is 0 Å². The minimum atomic E-state index is -4.59. The van der Waals surface area contributed by atoms with Gasteiger partial charge in [-0.2, -0.15) is 13.2 Å². The summed E-state index contributed by atoms with van der Waals surface area (Å²) in [5, 5.41) is 15.8. The van der Waals surface area contributed by atoms with Gasteiger partial charge in [-0.1, -0.05) is 42.5 Å². The second-order valence-corrected chi connectivity index (χ2v) is 4.89. The quantitative estimate of drug-likeness (QED) is 0.824. The van der Waals surface area contributed by atoms with Crippen LogP contribution in [0.25, 0.3) is 11.6 Å². The Kier molecular flexibility index (Phi) is 3.24. The van der Waals surface area contributed by atoms with Crippen LogP contribution in [0.1, 0.15) is 11.1 Å². The third-order valence-corrected chi connectivity index (χ3v) is 3.36. The monoisotopic (exact) mass is 304 g/mol. The fourth-order valence-corrected chi connectivity index (χ4v) is 2.16. The molecule has 2 aromatic rings. The lowest BCUT2D eigenvalue weighted by Gasteiger charge is -2.18. The number of hydrogen-bond acceptors (Lipinski definition) is 3. The van der Waals surface area contributed by atoms with Crippen molar-refractivity contribution in [1.82, 2.24) is 0 Å². The Morgan fingerprint density at radius 1 is 0.955 bits per heavy atom. The molecule has 0 saturated carbocycles. The van der Waals surface area contributed by atoms with Gasteiger partial charge < -0.3 is 5.11 Å². The van der Waals surface area contributed by atoms with Crippen molar-refractivity contribution in [2.45, 2.75) is 11.8 Å². The highest BCUT2D eigenvalue weighted by atomic mass is 19.4. The Hall–Kier alpha value is -2.63. The van der Waals surface area contributed by atoms with Gasteiger partial charge in [-0.05, 0) is 29.3 Å². The molecule has 0 aliphatic carbocycles. The van der Waals surface area contributed by atoms with Gasteiger partial charge in [-0.15, -0.1) is 10.2 Å². The maximum absolute atomic E-state index is 13.3. The molecule has 0 unspecified atom stereocenters. The van der Waals surface area contributed by atoms with E-state index in [4.69, 9.17) is 0 Å². The molecule has 0 aromatic heterocycles. The molecule has 3 nitrogen and oxygen atoms in total. The van der Waals surface area contributed by atoms with E-state index in [1.807, 2.05) is 0 Å². The zero-order chi connectivity index (χ0) is 15.8. The third-order valence-electron chi connectivity index (χ3n) is 3.36. The van der Waals surface area contributed by atoms with Crippen LogP contribution < -0.4 is 0 Å². The molecule has 22 heavy (non-hydrogen) atoms. The molecule has 0 spiro atoms. The number of rotatable bonds is 3. The lowest BCUT2D eigenvalue weighted by molar-refractivity contribution is -0.148. The first-order chi connectivity index (χ1) is 10.4. The van der Waals surface area contributed by atoms with Crippen LogP contribution in [0.4, 0.5) is 13.2 Å². The fourth-order valence-electron chi connectivity index (χ4n) is 2.16. The van der Waals surface area contributed by atoms with Gasteiger partial charge in [0.1, 0.15) is 5.75 Å². The third kappa shape index (κ3) is 2.47. The van der Waals surface area contributed by atoms with Crippen LogP contribution in [-0.2, 0) is 0 Å². The largest absolute Gasteiger partial charge is 0.508 e. The standard InChI is InChI=1S/C16H11F3N2O/c17-16(18,19)15(20-21-15)14(12-4-2-1-3-5-12)10-11-6-8-13(22)9-7-11/h1-10,22H. The maximum Gasteiger partial charge on any atom is 0.442 e. The molecular weight excluding hydrogens is 293 g/mol. The summed E-state index contributed by atoms with van der Waals surface area (Å²) in [6, 6.07) is 14.1. The van der Waals surface area contributed by atoms with Crippen molar-refractivity contribution < 1.29 is 18.3 Å². The molecule has 1 aliphatic rings. The summed E-state index contributed by atoms with van der Waals surface area (Å²) in [6.45, 7) is 0. The Morgan fingerprint density at radius 2 is 1.55 bits per heavy atom. The van der Waals surface area contributed by atoms with E-state index in [1.54, 1.807) is 30.3 Å². The van der Waals surface area contributed by atoms with Gasteiger partial charge in [-0.3, -0.25) is 0 Å². The zero-order valence-corrected chi connectivity index (χ0v) is 11.2. The van der Waals surface area contributed by atoms with Crippen molar-refractivity contribution >= 4 is 11.6 Å². The van der Waals surface area contributed by atoms with E-state index in [2.05, 4.69) is 10.2 Å². The summed E-state index contributed by atoms with van der Waals surface area (Å²) >= 11 is 0. The number of aromatic hydroxyl groups is 1. The minimum Gasteiger partial charge on any atom is -0.508 e. The summed E-state index contributed by atoms with van der Waals surface area (Å²) in [5.41, 5.74) is -1.60. The summed E-state index contributed by atoms with van der Waals surface area (Å²) in [7, 11) is 0. The van der Waals surface area contributed by atoms with Crippen LogP contribution in [0.3, 0.4) is 0 Å². The van der Waals surface area contributed by atoms with Crippen molar-refractivity contribution in [3.05, 3.63) is 65.7 Å². The first-order valence-corrected chi connectivity index (χ1v) is 6.50. The van der Waals surface area contributed by atoms with E-state index in [1.165, 1.54) is 30.3 Å². The molecule has 112 valence electrons. The molecule has 0 fully saturated rings. The molecule has 0 amide bonds. The number of alkyl halides is 3. The average Bonchev–Trinajstić information content (AvgIpc) is 3.29. The smallest absolute Gasteiger partial charge is 0.442 e. The SMILES string of the molecule is Oc1ccc(C=C(c2ccccc2)C2(C(F)(F)F)N=N2)cc1. The normalized spacial score (nSPS) is 16.6. The second-order valence-electron chi connectivity index (χ2n) is 4.89. The van der Waals surface area contributed by atoms with E-state index in [0.717, 1.165) is 0 Å². The van der Waals surface area contributed by atoms with Gasteiger partial charge in [0.05, 0.1) is 0 Å². The van der Waals surface area contributed by atoms with Crippen LogP contribution >= 0.6 is 0 Å². The molecular formula is C16H11F3N2O. The van der Waals surface area contributed by atoms with Gasteiger partial charge in [-0.25, -0.2) is 0 Å². The predicted octanol–water partition coefficient (Wildman–Crippen LogP) is 4.66. The first-order valence-electron chi connectivity index (χ1n) is 6.50. The molecule has 1 aliphatic heterocycles. The topological polar surface area (TPSA) is 45.0 Å². The highest BCUT2D eigenvalue weighted by Gasteiger charge is 2.66. The Morgan fingerprint density at radius 3 is 2.05 bits per heavy atom. The highest BCUT2D eigenvalue weighted by molar-refractivity contribution is 5.88. The summed E-state index contributed by atoms with van der Waals surface area (Å²) < 4.78 is 40.0. The van der Waals surface area contributed by atoms with Crippen LogP contribution in [0.2, 0.25) is 0 Å². The predicted molar refractivity (Wildman–Crippen MR) is 76.1 cm³/mol.